The van der Waals surface area contributed by atoms with Crippen molar-refractivity contribution in [3.05, 3.63) is 89.5 Å². The lowest BCUT2D eigenvalue weighted by Gasteiger charge is -2.23. The molecule has 1 aliphatic rings. The first-order chi connectivity index (χ1) is 15.4. The zero-order chi connectivity index (χ0) is 22.5. The van der Waals surface area contributed by atoms with E-state index in [2.05, 4.69) is 4.98 Å². The smallest absolute Gasteiger partial charge is 0.249 e. The molecule has 0 amide bonds. The van der Waals surface area contributed by atoms with Crippen LogP contribution in [-0.2, 0) is 16.4 Å². The fraction of sp³-hybridized carbons (Fsp3) is 0.167. The number of hydrogen-bond donors (Lipinski definition) is 0. The van der Waals surface area contributed by atoms with Crippen LogP contribution in [-0.4, -0.2) is 29.7 Å². The Kier molecular flexibility index (Phi) is 4.82. The maximum Gasteiger partial charge on any atom is 0.265 e. The fourth-order valence-corrected chi connectivity index (χ4v) is 5.52. The summed E-state index contributed by atoms with van der Waals surface area (Å²) in [7, 11) is -3.82. The predicted octanol–water partition coefficient (Wildman–Crippen LogP) is 4.44. The molecular weight excluding hydrogens is 427 g/mol. The van der Waals surface area contributed by atoms with Crippen LogP contribution in [0.1, 0.15) is 16.8 Å². The topological polar surface area (TPSA) is 68.1 Å². The Bertz CT molecular complexity index is 1430. The van der Waals surface area contributed by atoms with Gasteiger partial charge in [0.15, 0.2) is 5.82 Å². The molecule has 0 spiro atoms. The maximum atomic E-state index is 14.5. The van der Waals surface area contributed by atoms with E-state index in [1.807, 2.05) is 19.9 Å². The van der Waals surface area contributed by atoms with Crippen molar-refractivity contribution in [1.29, 1.82) is 0 Å². The number of pyridine rings is 1. The first-order valence-electron chi connectivity index (χ1n) is 10.3. The van der Waals surface area contributed by atoms with E-state index in [0.717, 1.165) is 16.8 Å². The minimum Gasteiger partial charge on any atom is -0.249 e. The standard InChI is InChI=1S/C24H21FN4O2S/c1-16-9-11-18(12-10-16)32(30,31)28-15-13-19-17(2)29(22-8-4-3-7-21(22)25)27-23(19)20-6-5-14-26-24(20)28/h3-12,14H,13,15H2,1-2H3. The average molecular weight is 449 g/mol. The number of aryl methyl sites for hydroxylation is 1. The largest absolute Gasteiger partial charge is 0.265 e. The van der Waals surface area contributed by atoms with Crippen molar-refractivity contribution in [3.8, 4) is 16.9 Å². The molecule has 0 fully saturated rings. The highest BCUT2D eigenvalue weighted by atomic mass is 32.2. The maximum absolute atomic E-state index is 14.5. The van der Waals surface area contributed by atoms with Gasteiger partial charge < -0.3 is 0 Å². The third-order valence-electron chi connectivity index (χ3n) is 5.77. The number of nitrogens with zero attached hydrogens (tertiary/aromatic N) is 4. The lowest BCUT2D eigenvalue weighted by atomic mass is 10.1. The number of halogens is 1. The van der Waals surface area contributed by atoms with Crippen LogP contribution < -0.4 is 4.31 Å². The van der Waals surface area contributed by atoms with E-state index in [-0.39, 0.29) is 17.3 Å². The van der Waals surface area contributed by atoms with E-state index < -0.39 is 10.0 Å². The van der Waals surface area contributed by atoms with Crippen LogP contribution in [0.25, 0.3) is 16.9 Å². The van der Waals surface area contributed by atoms with Gasteiger partial charge in [0.25, 0.3) is 10.0 Å². The number of para-hydroxylation sites is 1. The van der Waals surface area contributed by atoms with Gasteiger partial charge in [-0.1, -0.05) is 29.8 Å². The van der Waals surface area contributed by atoms with E-state index in [9.17, 15) is 12.8 Å². The molecule has 0 unspecified atom stereocenters. The van der Waals surface area contributed by atoms with E-state index >= 15 is 0 Å². The summed E-state index contributed by atoms with van der Waals surface area (Å²) in [6, 6.07) is 16.8. The van der Waals surface area contributed by atoms with Crippen molar-refractivity contribution in [2.24, 2.45) is 0 Å². The summed E-state index contributed by atoms with van der Waals surface area (Å²) in [6.07, 6.45) is 2.00. The molecule has 0 N–H and O–H groups in total. The van der Waals surface area contributed by atoms with Crippen molar-refractivity contribution >= 4 is 15.8 Å². The van der Waals surface area contributed by atoms with Gasteiger partial charge in [0.2, 0.25) is 0 Å². The summed E-state index contributed by atoms with van der Waals surface area (Å²) in [4.78, 5) is 4.64. The SMILES string of the molecule is Cc1ccc(S(=O)(=O)N2CCc3c(nn(-c4ccccc4F)c3C)-c3cccnc32)cc1. The van der Waals surface area contributed by atoms with Crippen LogP contribution in [0.15, 0.2) is 71.8 Å². The van der Waals surface area contributed by atoms with E-state index in [1.54, 1.807) is 59.4 Å². The van der Waals surface area contributed by atoms with Crippen molar-refractivity contribution in [3.63, 3.8) is 0 Å². The summed E-state index contributed by atoms with van der Waals surface area (Å²) in [5, 5.41) is 4.70. The number of sulfonamides is 1. The number of anilines is 1. The first-order valence-corrected chi connectivity index (χ1v) is 11.7. The van der Waals surface area contributed by atoms with Crippen molar-refractivity contribution in [2.45, 2.75) is 25.2 Å². The van der Waals surface area contributed by atoms with Crippen LogP contribution in [0.2, 0.25) is 0 Å². The Morgan fingerprint density at radius 1 is 0.969 bits per heavy atom. The molecule has 3 heterocycles. The molecule has 162 valence electrons. The molecule has 4 aromatic rings. The second-order valence-corrected chi connectivity index (χ2v) is 9.65. The first kappa shape index (κ1) is 20.4. The van der Waals surface area contributed by atoms with Crippen LogP contribution in [0.5, 0.6) is 0 Å². The highest BCUT2D eigenvalue weighted by Crippen LogP contribution is 2.38. The number of fused-ring (bicyclic) bond motifs is 3. The third kappa shape index (κ3) is 3.18. The van der Waals surface area contributed by atoms with Gasteiger partial charge in [0.05, 0.1) is 4.90 Å². The molecular formula is C24H21FN4O2S. The van der Waals surface area contributed by atoms with Crippen LogP contribution >= 0.6 is 0 Å². The van der Waals surface area contributed by atoms with Gasteiger partial charge in [0, 0.05) is 29.6 Å². The number of hydrogen-bond acceptors (Lipinski definition) is 4. The minimum atomic E-state index is -3.82. The number of benzene rings is 2. The molecule has 0 radical (unpaired) electrons. The molecule has 0 saturated heterocycles. The summed E-state index contributed by atoms with van der Waals surface area (Å²) < 4.78 is 44.4. The van der Waals surface area contributed by atoms with Crippen molar-refractivity contribution < 1.29 is 12.8 Å². The minimum absolute atomic E-state index is 0.205. The van der Waals surface area contributed by atoms with Crippen LogP contribution in [0, 0.1) is 19.7 Å². The molecule has 0 aliphatic carbocycles. The zero-order valence-electron chi connectivity index (χ0n) is 17.7. The second-order valence-electron chi connectivity index (χ2n) is 7.79. The van der Waals surface area contributed by atoms with Gasteiger partial charge in [-0.3, -0.25) is 0 Å². The summed E-state index contributed by atoms with van der Waals surface area (Å²) in [5.41, 5.74) is 4.21. The van der Waals surface area contributed by atoms with E-state index in [4.69, 9.17) is 5.10 Å². The molecule has 5 rings (SSSR count). The highest BCUT2D eigenvalue weighted by molar-refractivity contribution is 7.92. The number of aromatic nitrogens is 3. The van der Waals surface area contributed by atoms with Gasteiger partial charge in [0.1, 0.15) is 17.2 Å². The van der Waals surface area contributed by atoms with Gasteiger partial charge >= 0.3 is 0 Å². The van der Waals surface area contributed by atoms with Crippen LogP contribution in [0.3, 0.4) is 0 Å². The second kappa shape index (κ2) is 7.56. The molecule has 2 aromatic carbocycles. The zero-order valence-corrected chi connectivity index (χ0v) is 18.5. The Balaban J connectivity index is 1.67. The molecule has 0 bridgehead atoms. The molecule has 0 saturated carbocycles. The Labute approximate surface area is 186 Å². The van der Waals surface area contributed by atoms with E-state index in [0.29, 0.717) is 29.2 Å². The molecule has 0 atom stereocenters. The highest BCUT2D eigenvalue weighted by Gasteiger charge is 2.33. The molecule has 6 nitrogen and oxygen atoms in total. The Morgan fingerprint density at radius 2 is 1.72 bits per heavy atom. The fourth-order valence-electron chi connectivity index (χ4n) is 4.08. The van der Waals surface area contributed by atoms with E-state index in [1.165, 1.54) is 10.4 Å². The lowest BCUT2D eigenvalue weighted by Crippen LogP contribution is -2.33. The Hall–Kier alpha value is -3.52. The van der Waals surface area contributed by atoms with Gasteiger partial charge in [-0.15, -0.1) is 0 Å². The Morgan fingerprint density at radius 3 is 2.47 bits per heavy atom. The van der Waals surface area contributed by atoms with Crippen LogP contribution in [0.4, 0.5) is 10.2 Å². The van der Waals surface area contributed by atoms with Gasteiger partial charge in [-0.2, -0.15) is 5.10 Å². The number of rotatable bonds is 3. The summed E-state index contributed by atoms with van der Waals surface area (Å²) >= 11 is 0. The third-order valence-corrected chi connectivity index (χ3v) is 7.58. The van der Waals surface area contributed by atoms with Crippen molar-refractivity contribution in [1.82, 2.24) is 14.8 Å². The van der Waals surface area contributed by atoms with Crippen molar-refractivity contribution in [2.75, 3.05) is 10.8 Å². The average Bonchev–Trinajstić information content (AvgIpc) is 3.00. The van der Waals surface area contributed by atoms with Gasteiger partial charge in [-0.05, 0) is 56.7 Å². The normalized spacial score (nSPS) is 13.4. The summed E-state index contributed by atoms with van der Waals surface area (Å²) in [6.45, 7) is 3.99. The lowest BCUT2D eigenvalue weighted by molar-refractivity contribution is 0.590. The quantitative estimate of drug-likeness (QED) is 0.465. The van der Waals surface area contributed by atoms with Gasteiger partial charge in [-0.25, -0.2) is 26.8 Å². The molecule has 32 heavy (non-hydrogen) atoms. The molecule has 2 aromatic heterocycles. The molecule has 1 aliphatic heterocycles. The predicted molar refractivity (Wildman–Crippen MR) is 121 cm³/mol. The monoisotopic (exact) mass is 448 g/mol. The molecule has 8 heteroatoms. The summed E-state index contributed by atoms with van der Waals surface area (Å²) in [5.74, 6) is -0.0479.